The molecule has 0 aromatic heterocycles. The van der Waals surface area contributed by atoms with Gasteiger partial charge in [0.25, 0.3) is 0 Å². The minimum atomic E-state index is -1.46. The number of nitrogens with one attached hydrogen (secondary N) is 1. The molecule has 1 amide bonds. The highest BCUT2D eigenvalue weighted by atomic mass is 16.4. The number of hydrogen-bond acceptors (Lipinski definition) is 4. The summed E-state index contributed by atoms with van der Waals surface area (Å²) in [6.45, 7) is 1.46. The van der Waals surface area contributed by atoms with Gasteiger partial charge in [0.1, 0.15) is 5.54 Å². The van der Waals surface area contributed by atoms with Crippen LogP contribution in [0.1, 0.15) is 19.8 Å². The van der Waals surface area contributed by atoms with Crippen LogP contribution in [0.25, 0.3) is 0 Å². The van der Waals surface area contributed by atoms with Crippen LogP contribution in [0.3, 0.4) is 0 Å². The van der Waals surface area contributed by atoms with Crippen LogP contribution < -0.4 is 11.1 Å². The Kier molecular flexibility index (Phi) is 2.81. The van der Waals surface area contributed by atoms with Crippen LogP contribution in [-0.2, 0) is 14.4 Å². The zero-order valence-electron chi connectivity index (χ0n) is 9.92. The van der Waals surface area contributed by atoms with Crippen LogP contribution in [0.5, 0.6) is 0 Å². The molecular weight excluding hydrogens is 240 g/mol. The van der Waals surface area contributed by atoms with Gasteiger partial charge in [0.05, 0.1) is 12.0 Å². The highest BCUT2D eigenvalue weighted by Gasteiger charge is 2.72. The van der Waals surface area contributed by atoms with Crippen LogP contribution in [0.2, 0.25) is 0 Å². The minimum Gasteiger partial charge on any atom is -0.481 e. The van der Waals surface area contributed by atoms with E-state index >= 15 is 0 Å². The van der Waals surface area contributed by atoms with E-state index in [9.17, 15) is 19.5 Å². The van der Waals surface area contributed by atoms with Crippen molar-refractivity contribution in [2.75, 3.05) is 0 Å². The van der Waals surface area contributed by atoms with Crippen molar-refractivity contribution in [3.05, 3.63) is 0 Å². The first-order valence-electron chi connectivity index (χ1n) is 5.85. The number of hydrogen-bond donors (Lipinski definition) is 4. The molecule has 0 aliphatic heterocycles. The van der Waals surface area contributed by atoms with E-state index in [1.807, 2.05) is 0 Å². The lowest BCUT2D eigenvalue weighted by atomic mass is 9.90. The number of fused-ring (bicyclic) bond motifs is 1. The van der Waals surface area contributed by atoms with E-state index in [1.54, 1.807) is 0 Å². The standard InChI is InChI=1S/C11H16N2O5/c1-4(12)8(14)13-11(10(17)18)3-2-5-6(7(5)11)9(15)16/h4-7H,2-3,12H2,1H3,(H,13,14)(H,15,16)(H,17,18)/t4-,5?,6-,7-,11-/m0/s1. The Bertz CT molecular complexity index is 422. The number of amides is 1. The summed E-state index contributed by atoms with van der Waals surface area (Å²) in [6, 6.07) is -0.817. The number of aliphatic carboxylic acids is 2. The van der Waals surface area contributed by atoms with E-state index in [-0.39, 0.29) is 12.3 Å². The molecule has 5 atom stereocenters. The zero-order valence-corrected chi connectivity index (χ0v) is 9.92. The molecule has 0 aromatic carbocycles. The molecule has 0 bridgehead atoms. The van der Waals surface area contributed by atoms with Gasteiger partial charge in [0, 0.05) is 5.92 Å². The monoisotopic (exact) mass is 256 g/mol. The summed E-state index contributed by atoms with van der Waals surface area (Å²) in [5.41, 5.74) is 3.95. The number of carboxylic acids is 2. The maximum absolute atomic E-state index is 11.6. The molecule has 100 valence electrons. The third kappa shape index (κ3) is 1.66. The molecule has 2 saturated carbocycles. The first-order chi connectivity index (χ1) is 8.31. The third-order valence-electron chi connectivity index (χ3n) is 4.04. The van der Waals surface area contributed by atoms with Gasteiger partial charge in [-0.15, -0.1) is 0 Å². The van der Waals surface area contributed by atoms with E-state index in [2.05, 4.69) is 5.32 Å². The molecule has 0 heterocycles. The Balaban J connectivity index is 2.22. The van der Waals surface area contributed by atoms with Crippen LogP contribution in [0.4, 0.5) is 0 Å². The van der Waals surface area contributed by atoms with Crippen LogP contribution in [0, 0.1) is 17.8 Å². The molecular formula is C11H16N2O5. The molecule has 5 N–H and O–H groups in total. The van der Waals surface area contributed by atoms with Gasteiger partial charge in [-0.2, -0.15) is 0 Å². The summed E-state index contributed by atoms with van der Waals surface area (Å²) in [5.74, 6) is -4.06. The van der Waals surface area contributed by atoms with Crippen molar-refractivity contribution < 1.29 is 24.6 Å². The topological polar surface area (TPSA) is 130 Å². The summed E-state index contributed by atoms with van der Waals surface area (Å²) in [7, 11) is 0. The van der Waals surface area contributed by atoms with Gasteiger partial charge in [0.15, 0.2) is 0 Å². The first-order valence-corrected chi connectivity index (χ1v) is 5.85. The Morgan fingerprint density at radius 1 is 1.39 bits per heavy atom. The maximum atomic E-state index is 11.6. The second-order valence-electron chi connectivity index (χ2n) is 5.15. The Morgan fingerprint density at radius 3 is 2.39 bits per heavy atom. The molecule has 18 heavy (non-hydrogen) atoms. The summed E-state index contributed by atoms with van der Waals surface area (Å²) in [4.78, 5) is 34.0. The van der Waals surface area contributed by atoms with Gasteiger partial charge >= 0.3 is 11.9 Å². The lowest BCUT2D eigenvalue weighted by Crippen LogP contribution is -2.58. The van der Waals surface area contributed by atoms with Crippen molar-refractivity contribution in [3.63, 3.8) is 0 Å². The Morgan fingerprint density at radius 2 is 2.00 bits per heavy atom. The molecule has 0 aromatic rings. The van der Waals surface area contributed by atoms with Crippen molar-refractivity contribution in [1.29, 1.82) is 0 Å². The van der Waals surface area contributed by atoms with Gasteiger partial charge in [0.2, 0.25) is 5.91 Å². The fourth-order valence-corrected chi connectivity index (χ4v) is 3.09. The number of rotatable bonds is 4. The number of carbonyl (C=O) groups is 3. The normalized spacial score (nSPS) is 38.7. The molecule has 0 saturated heterocycles. The summed E-state index contributed by atoms with van der Waals surface area (Å²) >= 11 is 0. The largest absolute Gasteiger partial charge is 0.481 e. The van der Waals surface area contributed by atoms with E-state index in [1.165, 1.54) is 6.92 Å². The van der Waals surface area contributed by atoms with Crippen molar-refractivity contribution in [2.45, 2.75) is 31.3 Å². The summed E-state index contributed by atoms with van der Waals surface area (Å²) in [6.07, 6.45) is 0.771. The molecule has 2 aliphatic carbocycles. The third-order valence-corrected chi connectivity index (χ3v) is 4.04. The number of nitrogens with two attached hydrogens (primary N) is 1. The number of carbonyl (C=O) groups excluding carboxylic acids is 1. The quantitative estimate of drug-likeness (QED) is 0.511. The van der Waals surface area contributed by atoms with Crippen molar-refractivity contribution in [2.24, 2.45) is 23.5 Å². The first kappa shape index (κ1) is 12.8. The Hall–Kier alpha value is -1.63. The average molecular weight is 256 g/mol. The van der Waals surface area contributed by atoms with E-state index in [0.717, 1.165) is 0 Å². The van der Waals surface area contributed by atoms with E-state index in [0.29, 0.717) is 6.42 Å². The average Bonchev–Trinajstić information content (AvgIpc) is 2.89. The molecule has 7 nitrogen and oxygen atoms in total. The minimum absolute atomic E-state index is 0.146. The molecule has 2 rings (SSSR count). The number of carboxylic acid groups (broad SMARTS) is 2. The molecule has 7 heteroatoms. The zero-order chi connectivity index (χ0) is 13.7. The lowest BCUT2D eigenvalue weighted by molar-refractivity contribution is -0.150. The Labute approximate surface area is 103 Å². The fraction of sp³-hybridized carbons (Fsp3) is 0.727. The summed E-state index contributed by atoms with van der Waals surface area (Å²) in [5, 5.41) is 20.8. The van der Waals surface area contributed by atoms with Gasteiger partial charge < -0.3 is 21.3 Å². The lowest BCUT2D eigenvalue weighted by Gasteiger charge is -2.29. The van der Waals surface area contributed by atoms with Crippen molar-refractivity contribution in [3.8, 4) is 0 Å². The van der Waals surface area contributed by atoms with Crippen LogP contribution >= 0.6 is 0 Å². The fourth-order valence-electron chi connectivity index (χ4n) is 3.09. The second-order valence-corrected chi connectivity index (χ2v) is 5.15. The van der Waals surface area contributed by atoms with Crippen molar-refractivity contribution in [1.82, 2.24) is 5.32 Å². The van der Waals surface area contributed by atoms with Gasteiger partial charge in [-0.05, 0) is 25.7 Å². The maximum Gasteiger partial charge on any atom is 0.329 e. The van der Waals surface area contributed by atoms with E-state index in [4.69, 9.17) is 10.8 Å². The molecule has 0 radical (unpaired) electrons. The molecule has 2 fully saturated rings. The smallest absolute Gasteiger partial charge is 0.329 e. The van der Waals surface area contributed by atoms with Crippen LogP contribution in [0.15, 0.2) is 0 Å². The van der Waals surface area contributed by atoms with Crippen molar-refractivity contribution >= 4 is 17.8 Å². The van der Waals surface area contributed by atoms with E-state index < -0.39 is 41.3 Å². The highest BCUT2D eigenvalue weighted by Crippen LogP contribution is 2.62. The molecule has 1 unspecified atom stereocenters. The highest BCUT2D eigenvalue weighted by molar-refractivity contribution is 5.92. The SMILES string of the molecule is C[C@H](N)C(=O)N[C@@]1(C(=O)O)CCC2[C@H](C(=O)O)[C@H]21. The molecule has 0 spiro atoms. The summed E-state index contributed by atoms with van der Waals surface area (Å²) < 4.78 is 0. The van der Waals surface area contributed by atoms with Crippen LogP contribution in [-0.4, -0.2) is 39.6 Å². The van der Waals surface area contributed by atoms with Gasteiger partial charge in [-0.1, -0.05) is 0 Å². The second kappa shape index (κ2) is 3.94. The predicted molar refractivity (Wildman–Crippen MR) is 59.5 cm³/mol. The van der Waals surface area contributed by atoms with Gasteiger partial charge in [-0.3, -0.25) is 9.59 Å². The van der Waals surface area contributed by atoms with Gasteiger partial charge in [-0.25, -0.2) is 4.79 Å². The predicted octanol–water partition coefficient (Wildman–Crippen LogP) is -0.986. The molecule has 2 aliphatic rings.